The second kappa shape index (κ2) is 7.68. The topological polar surface area (TPSA) is 88.4 Å². The average Bonchev–Trinajstić information content (AvgIpc) is 3.13. The van der Waals surface area contributed by atoms with Gasteiger partial charge in [0.2, 0.25) is 10.0 Å². The Balaban J connectivity index is 1.68. The van der Waals surface area contributed by atoms with Gasteiger partial charge in [-0.05, 0) is 48.5 Å². The second-order valence-electron chi connectivity index (χ2n) is 5.54. The number of hydrogen-bond donors (Lipinski definition) is 2. The highest BCUT2D eigenvalue weighted by Gasteiger charge is 2.15. The van der Waals surface area contributed by atoms with E-state index in [4.69, 9.17) is 4.42 Å². The lowest BCUT2D eigenvalue weighted by Gasteiger charge is -2.08. The van der Waals surface area contributed by atoms with E-state index in [1.807, 2.05) is 0 Å². The fourth-order valence-corrected chi connectivity index (χ4v) is 3.26. The van der Waals surface area contributed by atoms with Crippen LogP contribution in [-0.4, -0.2) is 14.3 Å². The Labute approximate surface area is 153 Å². The number of carbonyl (C=O) groups is 1. The van der Waals surface area contributed by atoms with Crippen LogP contribution in [0.15, 0.2) is 70.2 Å². The molecule has 140 valence electrons. The van der Waals surface area contributed by atoms with Gasteiger partial charge in [-0.3, -0.25) is 4.79 Å². The molecular weight excluding hydrogens is 378 g/mol. The molecule has 2 aromatic carbocycles. The van der Waals surface area contributed by atoms with Crippen molar-refractivity contribution < 1.29 is 26.4 Å². The van der Waals surface area contributed by atoms with Gasteiger partial charge in [-0.25, -0.2) is 21.9 Å². The van der Waals surface area contributed by atoms with Gasteiger partial charge < -0.3 is 9.73 Å². The van der Waals surface area contributed by atoms with Crippen LogP contribution in [0.1, 0.15) is 16.1 Å². The smallest absolute Gasteiger partial charge is 0.255 e. The molecule has 0 atom stereocenters. The first kappa shape index (κ1) is 18.7. The number of carbonyl (C=O) groups excluding carboxylic acids is 1. The highest BCUT2D eigenvalue weighted by atomic mass is 32.2. The normalized spacial score (nSPS) is 11.3. The first-order valence-corrected chi connectivity index (χ1v) is 9.21. The van der Waals surface area contributed by atoms with Crippen LogP contribution in [0.5, 0.6) is 0 Å². The Morgan fingerprint density at radius 2 is 1.67 bits per heavy atom. The molecule has 0 saturated heterocycles. The summed E-state index contributed by atoms with van der Waals surface area (Å²) in [6, 6.07) is 11.1. The summed E-state index contributed by atoms with van der Waals surface area (Å²) in [4.78, 5) is 12.0. The second-order valence-corrected chi connectivity index (χ2v) is 7.31. The maximum atomic E-state index is 13.2. The van der Waals surface area contributed by atoms with Crippen LogP contribution in [0.25, 0.3) is 0 Å². The van der Waals surface area contributed by atoms with E-state index in [2.05, 4.69) is 10.0 Å². The minimum absolute atomic E-state index is 0.00104. The van der Waals surface area contributed by atoms with Gasteiger partial charge in [0.05, 0.1) is 17.7 Å². The van der Waals surface area contributed by atoms with Gasteiger partial charge in [-0.15, -0.1) is 0 Å². The number of furan rings is 1. The summed E-state index contributed by atoms with van der Waals surface area (Å²) in [5, 5.41) is 2.44. The molecule has 0 radical (unpaired) electrons. The molecule has 27 heavy (non-hydrogen) atoms. The maximum absolute atomic E-state index is 13.2. The van der Waals surface area contributed by atoms with E-state index < -0.39 is 27.6 Å². The first-order valence-electron chi connectivity index (χ1n) is 7.73. The molecular formula is C18H14F2N2O4S. The minimum Gasteiger partial charge on any atom is -0.468 e. The molecule has 1 aromatic heterocycles. The Morgan fingerprint density at radius 3 is 2.26 bits per heavy atom. The van der Waals surface area contributed by atoms with Crippen LogP contribution < -0.4 is 10.0 Å². The van der Waals surface area contributed by atoms with Crippen LogP contribution in [0, 0.1) is 11.6 Å². The molecule has 1 heterocycles. The van der Waals surface area contributed by atoms with Crippen molar-refractivity contribution >= 4 is 21.6 Å². The van der Waals surface area contributed by atoms with Gasteiger partial charge in [0.1, 0.15) is 17.4 Å². The molecule has 0 bridgehead atoms. The molecule has 2 N–H and O–H groups in total. The zero-order valence-corrected chi connectivity index (χ0v) is 14.6. The molecule has 3 aromatic rings. The SMILES string of the molecule is O=C(Nc1ccc(S(=O)(=O)NCc2ccco2)cc1)c1cc(F)cc(F)c1. The third-order valence-corrected chi connectivity index (χ3v) is 4.98. The fraction of sp³-hybridized carbons (Fsp3) is 0.0556. The van der Waals surface area contributed by atoms with Crippen molar-refractivity contribution in [3.8, 4) is 0 Å². The molecule has 0 spiro atoms. The van der Waals surface area contributed by atoms with Crippen molar-refractivity contribution in [2.45, 2.75) is 11.4 Å². The lowest BCUT2D eigenvalue weighted by Crippen LogP contribution is -2.23. The molecule has 6 nitrogen and oxygen atoms in total. The van der Waals surface area contributed by atoms with E-state index in [9.17, 15) is 22.0 Å². The van der Waals surface area contributed by atoms with Crippen molar-refractivity contribution in [2.24, 2.45) is 0 Å². The predicted octanol–water partition coefficient (Wildman–Crippen LogP) is 3.29. The van der Waals surface area contributed by atoms with Gasteiger partial charge in [0, 0.05) is 17.3 Å². The Kier molecular flexibility index (Phi) is 5.33. The summed E-state index contributed by atoms with van der Waals surface area (Å²) in [6.07, 6.45) is 1.44. The van der Waals surface area contributed by atoms with Crippen molar-refractivity contribution in [1.82, 2.24) is 4.72 Å². The molecule has 9 heteroatoms. The van der Waals surface area contributed by atoms with Crippen molar-refractivity contribution in [3.05, 3.63) is 83.8 Å². The van der Waals surface area contributed by atoms with Gasteiger partial charge >= 0.3 is 0 Å². The average molecular weight is 392 g/mol. The fourth-order valence-electron chi connectivity index (χ4n) is 2.27. The van der Waals surface area contributed by atoms with Crippen molar-refractivity contribution in [1.29, 1.82) is 0 Å². The van der Waals surface area contributed by atoms with E-state index in [1.165, 1.54) is 30.5 Å². The Morgan fingerprint density at radius 1 is 1.00 bits per heavy atom. The summed E-state index contributed by atoms with van der Waals surface area (Å²) in [6.45, 7) is -0.00104. The minimum atomic E-state index is -3.77. The van der Waals surface area contributed by atoms with Crippen molar-refractivity contribution in [2.75, 3.05) is 5.32 Å². The van der Waals surface area contributed by atoms with E-state index in [0.29, 0.717) is 11.8 Å². The van der Waals surface area contributed by atoms with Crippen LogP contribution in [-0.2, 0) is 16.6 Å². The van der Waals surface area contributed by atoms with Crippen LogP contribution >= 0.6 is 0 Å². The lowest BCUT2D eigenvalue weighted by molar-refractivity contribution is 0.102. The molecule has 1 amide bonds. The monoisotopic (exact) mass is 392 g/mol. The summed E-state index contributed by atoms with van der Waals surface area (Å²) in [7, 11) is -3.77. The van der Waals surface area contributed by atoms with E-state index in [1.54, 1.807) is 12.1 Å². The third kappa shape index (κ3) is 4.78. The Bertz CT molecular complexity index is 1030. The third-order valence-electron chi connectivity index (χ3n) is 3.56. The van der Waals surface area contributed by atoms with E-state index >= 15 is 0 Å². The van der Waals surface area contributed by atoms with E-state index in [0.717, 1.165) is 12.1 Å². The van der Waals surface area contributed by atoms with Gasteiger partial charge in [0.25, 0.3) is 5.91 Å². The molecule has 0 fully saturated rings. The molecule has 0 aliphatic carbocycles. The van der Waals surface area contributed by atoms with Crippen molar-refractivity contribution in [3.63, 3.8) is 0 Å². The standard InChI is InChI=1S/C18H14F2N2O4S/c19-13-8-12(9-14(20)10-13)18(23)22-15-3-5-17(6-4-15)27(24,25)21-11-16-2-1-7-26-16/h1-10,21H,11H2,(H,22,23). The highest BCUT2D eigenvalue weighted by molar-refractivity contribution is 7.89. The lowest BCUT2D eigenvalue weighted by atomic mass is 10.2. The van der Waals surface area contributed by atoms with Crippen LogP contribution in [0.2, 0.25) is 0 Å². The first-order chi connectivity index (χ1) is 12.8. The molecule has 0 aliphatic heterocycles. The van der Waals surface area contributed by atoms with E-state index in [-0.39, 0.29) is 22.7 Å². The summed E-state index contributed by atoms with van der Waals surface area (Å²) in [5.41, 5.74) is 0.0824. The summed E-state index contributed by atoms with van der Waals surface area (Å²) < 4.78 is 58.3. The number of halogens is 2. The molecule has 3 rings (SSSR count). The molecule has 0 aliphatic rings. The van der Waals surface area contributed by atoms with Gasteiger partial charge in [-0.1, -0.05) is 0 Å². The summed E-state index contributed by atoms with van der Waals surface area (Å²) >= 11 is 0. The van der Waals surface area contributed by atoms with Crippen LogP contribution in [0.3, 0.4) is 0 Å². The largest absolute Gasteiger partial charge is 0.468 e. The van der Waals surface area contributed by atoms with Gasteiger partial charge in [-0.2, -0.15) is 0 Å². The highest BCUT2D eigenvalue weighted by Crippen LogP contribution is 2.16. The zero-order chi connectivity index (χ0) is 19.4. The zero-order valence-electron chi connectivity index (χ0n) is 13.8. The number of hydrogen-bond acceptors (Lipinski definition) is 4. The number of nitrogens with one attached hydrogen (secondary N) is 2. The number of benzene rings is 2. The molecule has 0 unspecified atom stereocenters. The Hall–Kier alpha value is -3.04. The number of amides is 1. The summed E-state index contributed by atoms with van der Waals surface area (Å²) in [5.74, 6) is -2.00. The quantitative estimate of drug-likeness (QED) is 0.674. The predicted molar refractivity (Wildman–Crippen MR) is 93.5 cm³/mol. The maximum Gasteiger partial charge on any atom is 0.255 e. The number of rotatable bonds is 6. The van der Waals surface area contributed by atoms with Gasteiger partial charge in [0.15, 0.2) is 0 Å². The number of sulfonamides is 1. The molecule has 0 saturated carbocycles. The van der Waals surface area contributed by atoms with Crippen LogP contribution in [0.4, 0.5) is 14.5 Å². The number of anilines is 1.